The summed E-state index contributed by atoms with van der Waals surface area (Å²) in [5, 5.41) is 0. The van der Waals surface area contributed by atoms with Crippen LogP contribution in [0.3, 0.4) is 0 Å². The minimum atomic E-state index is -4.51. The van der Waals surface area contributed by atoms with Crippen LogP contribution in [0.25, 0.3) is 0 Å². The molecule has 15 heavy (non-hydrogen) atoms. The molecule has 0 spiro atoms. The van der Waals surface area contributed by atoms with E-state index in [1.165, 1.54) is 17.9 Å². The summed E-state index contributed by atoms with van der Waals surface area (Å²) in [5.74, 6) is -0.256. The third kappa shape index (κ3) is 6.41. The van der Waals surface area contributed by atoms with Crippen molar-refractivity contribution in [3.63, 3.8) is 0 Å². The number of phosphoric ester groups is 1. The molecule has 1 unspecified atom stereocenters. The van der Waals surface area contributed by atoms with Crippen LogP contribution in [-0.4, -0.2) is 40.8 Å². The standard InChI is InChI=1S/C8H16NO5P/c1-6(5-8(10)9(3)4)7(2)14-15(11,12)13/h5,7H,1-4H3,(H2,11,12,13). The number of nitrogens with zero attached hydrogens (tertiary/aromatic N) is 1. The first-order chi connectivity index (χ1) is 6.63. The van der Waals surface area contributed by atoms with Gasteiger partial charge >= 0.3 is 7.82 Å². The highest BCUT2D eigenvalue weighted by Gasteiger charge is 2.20. The van der Waals surface area contributed by atoms with Gasteiger partial charge in [0.05, 0.1) is 6.10 Å². The van der Waals surface area contributed by atoms with Gasteiger partial charge in [-0.2, -0.15) is 0 Å². The molecule has 6 nitrogen and oxygen atoms in total. The molecule has 88 valence electrons. The predicted octanol–water partition coefficient (Wildman–Crippen LogP) is 0.519. The summed E-state index contributed by atoms with van der Waals surface area (Å²) in [4.78, 5) is 29.7. The van der Waals surface area contributed by atoms with Gasteiger partial charge in [-0.3, -0.25) is 9.32 Å². The first-order valence-electron chi connectivity index (χ1n) is 4.27. The van der Waals surface area contributed by atoms with Gasteiger partial charge in [0.2, 0.25) is 5.91 Å². The van der Waals surface area contributed by atoms with E-state index in [2.05, 4.69) is 4.52 Å². The highest BCUT2D eigenvalue weighted by Crippen LogP contribution is 2.38. The summed E-state index contributed by atoms with van der Waals surface area (Å²) in [6, 6.07) is 0. The molecule has 0 saturated carbocycles. The Labute approximate surface area is 88.8 Å². The Hall–Kier alpha value is -0.680. The third-order valence-corrected chi connectivity index (χ3v) is 2.32. The van der Waals surface area contributed by atoms with Crippen molar-refractivity contribution < 1.29 is 23.7 Å². The normalized spacial score (nSPS) is 14.9. The van der Waals surface area contributed by atoms with E-state index in [-0.39, 0.29) is 5.91 Å². The van der Waals surface area contributed by atoms with Gasteiger partial charge in [-0.1, -0.05) is 0 Å². The maximum Gasteiger partial charge on any atom is 0.470 e. The number of hydrogen-bond acceptors (Lipinski definition) is 3. The van der Waals surface area contributed by atoms with E-state index in [0.717, 1.165) is 0 Å². The average Bonchev–Trinajstić information content (AvgIpc) is 2.00. The minimum Gasteiger partial charge on any atom is -0.345 e. The maximum absolute atomic E-state index is 11.2. The van der Waals surface area contributed by atoms with Gasteiger partial charge in [-0.15, -0.1) is 0 Å². The van der Waals surface area contributed by atoms with Gasteiger partial charge in [0.25, 0.3) is 0 Å². The van der Waals surface area contributed by atoms with Crippen molar-refractivity contribution in [1.82, 2.24) is 4.90 Å². The largest absolute Gasteiger partial charge is 0.470 e. The molecule has 0 aliphatic heterocycles. The molecule has 7 heteroatoms. The smallest absolute Gasteiger partial charge is 0.345 e. The quantitative estimate of drug-likeness (QED) is 0.549. The minimum absolute atomic E-state index is 0.256. The van der Waals surface area contributed by atoms with Crippen molar-refractivity contribution >= 4 is 13.7 Å². The van der Waals surface area contributed by atoms with Crippen molar-refractivity contribution in [3.8, 4) is 0 Å². The number of hydrogen-bond donors (Lipinski definition) is 2. The van der Waals surface area contributed by atoms with Crippen LogP contribution in [0.15, 0.2) is 11.6 Å². The van der Waals surface area contributed by atoms with Gasteiger partial charge < -0.3 is 14.7 Å². The summed E-state index contributed by atoms with van der Waals surface area (Å²) in [5.41, 5.74) is 0.456. The number of carbonyl (C=O) groups excluding carboxylic acids is 1. The molecule has 0 fully saturated rings. The van der Waals surface area contributed by atoms with E-state index in [0.29, 0.717) is 5.57 Å². The van der Waals surface area contributed by atoms with Crippen LogP contribution in [0, 0.1) is 0 Å². The molecule has 0 heterocycles. The molecule has 0 aromatic heterocycles. The fourth-order valence-corrected chi connectivity index (χ4v) is 1.31. The Kier molecular flexibility index (Phi) is 5.17. The first kappa shape index (κ1) is 14.3. The summed E-state index contributed by atoms with van der Waals surface area (Å²) >= 11 is 0. The van der Waals surface area contributed by atoms with Crippen LogP contribution in [-0.2, 0) is 13.9 Å². The number of carbonyl (C=O) groups is 1. The number of phosphoric acid groups is 1. The summed E-state index contributed by atoms with van der Waals surface area (Å²) in [6.07, 6.45) is 0.482. The molecule has 1 amide bonds. The van der Waals surface area contributed by atoms with Gasteiger partial charge in [0, 0.05) is 20.2 Å². The Balaban J connectivity index is 4.51. The van der Waals surface area contributed by atoms with E-state index >= 15 is 0 Å². The molecular formula is C8H16NO5P. The number of rotatable bonds is 4. The van der Waals surface area contributed by atoms with Crippen LogP contribution in [0.2, 0.25) is 0 Å². The highest BCUT2D eigenvalue weighted by molar-refractivity contribution is 7.46. The Morgan fingerprint density at radius 2 is 1.93 bits per heavy atom. The maximum atomic E-state index is 11.2. The topological polar surface area (TPSA) is 87.1 Å². The lowest BCUT2D eigenvalue weighted by molar-refractivity contribution is -0.123. The van der Waals surface area contributed by atoms with Crippen molar-refractivity contribution in [2.45, 2.75) is 20.0 Å². The lowest BCUT2D eigenvalue weighted by Crippen LogP contribution is -2.20. The van der Waals surface area contributed by atoms with Crippen molar-refractivity contribution in [2.75, 3.05) is 14.1 Å². The molecule has 0 aliphatic carbocycles. The van der Waals surface area contributed by atoms with E-state index in [1.807, 2.05) is 0 Å². The van der Waals surface area contributed by atoms with E-state index in [9.17, 15) is 9.36 Å². The molecular weight excluding hydrogens is 221 g/mol. The molecule has 0 saturated heterocycles. The lowest BCUT2D eigenvalue weighted by atomic mass is 10.2. The van der Waals surface area contributed by atoms with Gasteiger partial charge in [0.1, 0.15) is 0 Å². The molecule has 0 aromatic rings. The van der Waals surface area contributed by atoms with Gasteiger partial charge in [-0.25, -0.2) is 4.57 Å². The van der Waals surface area contributed by atoms with Crippen LogP contribution in [0.5, 0.6) is 0 Å². The first-order valence-corrected chi connectivity index (χ1v) is 5.80. The zero-order valence-corrected chi connectivity index (χ0v) is 10.1. The molecule has 0 bridgehead atoms. The highest BCUT2D eigenvalue weighted by atomic mass is 31.2. The Morgan fingerprint density at radius 1 is 1.47 bits per heavy atom. The van der Waals surface area contributed by atoms with Crippen LogP contribution < -0.4 is 0 Å². The van der Waals surface area contributed by atoms with Crippen molar-refractivity contribution in [1.29, 1.82) is 0 Å². The van der Waals surface area contributed by atoms with Crippen LogP contribution in [0.4, 0.5) is 0 Å². The monoisotopic (exact) mass is 237 g/mol. The van der Waals surface area contributed by atoms with Crippen molar-refractivity contribution in [3.05, 3.63) is 11.6 Å². The second-order valence-corrected chi connectivity index (χ2v) is 4.55. The van der Waals surface area contributed by atoms with E-state index in [1.54, 1.807) is 21.0 Å². The fourth-order valence-electron chi connectivity index (χ4n) is 0.730. The molecule has 0 aromatic carbocycles. The second kappa shape index (κ2) is 5.42. The van der Waals surface area contributed by atoms with Crippen LogP contribution in [0.1, 0.15) is 13.8 Å². The molecule has 2 N–H and O–H groups in total. The average molecular weight is 237 g/mol. The molecule has 1 atom stereocenters. The van der Waals surface area contributed by atoms with Crippen LogP contribution >= 0.6 is 7.82 Å². The van der Waals surface area contributed by atoms with Crippen molar-refractivity contribution in [2.24, 2.45) is 0 Å². The lowest BCUT2D eigenvalue weighted by Gasteiger charge is -2.15. The van der Waals surface area contributed by atoms with E-state index < -0.39 is 13.9 Å². The van der Waals surface area contributed by atoms with Gasteiger partial charge in [-0.05, 0) is 19.4 Å². The fraction of sp³-hybridized carbons (Fsp3) is 0.625. The second-order valence-electron chi connectivity index (χ2n) is 3.36. The SMILES string of the molecule is CC(=CC(=O)N(C)C)C(C)OP(=O)(O)O. The Morgan fingerprint density at radius 3 is 2.27 bits per heavy atom. The third-order valence-electron chi connectivity index (χ3n) is 1.73. The molecule has 0 rings (SSSR count). The number of likely N-dealkylation sites (N-methyl/N-ethyl adjacent to an activating group) is 1. The molecule has 0 radical (unpaired) electrons. The van der Waals surface area contributed by atoms with Gasteiger partial charge in [0.15, 0.2) is 0 Å². The zero-order valence-electron chi connectivity index (χ0n) is 9.17. The predicted molar refractivity (Wildman–Crippen MR) is 55.0 cm³/mol. The summed E-state index contributed by atoms with van der Waals surface area (Å²) < 4.78 is 14.9. The zero-order chi connectivity index (χ0) is 12.2. The Bertz CT molecular complexity index is 306. The molecule has 0 aliphatic rings. The number of amides is 1. The summed E-state index contributed by atoms with van der Waals surface area (Å²) in [7, 11) is -1.34. The summed E-state index contributed by atoms with van der Waals surface area (Å²) in [6.45, 7) is 3.04. The van der Waals surface area contributed by atoms with E-state index in [4.69, 9.17) is 9.79 Å².